The van der Waals surface area contributed by atoms with E-state index in [0.717, 1.165) is 38.9 Å². The summed E-state index contributed by atoms with van der Waals surface area (Å²) in [5, 5.41) is 7.27. The van der Waals surface area contributed by atoms with E-state index < -0.39 is 12.5 Å². The van der Waals surface area contributed by atoms with Crippen LogP contribution in [0.3, 0.4) is 0 Å². The Morgan fingerprint density at radius 3 is 2.66 bits per heavy atom. The number of nitrogens with one attached hydrogen (secondary N) is 2. The molecule has 1 amide bonds. The molecule has 1 aromatic carbocycles. The predicted octanol–water partition coefficient (Wildman–Crippen LogP) is 5.37. The zero-order valence-electron chi connectivity index (χ0n) is 22.4. The van der Waals surface area contributed by atoms with Crippen molar-refractivity contribution in [1.82, 2.24) is 15.2 Å². The Labute approximate surface area is 231 Å². The average molecular weight is 569 g/mol. The highest BCUT2D eigenvalue weighted by Crippen LogP contribution is 2.43. The molecule has 0 radical (unpaired) electrons. The fraction of sp³-hybridized carbons (Fsp3) is 0.500. The van der Waals surface area contributed by atoms with Crippen LogP contribution in [0.15, 0.2) is 34.8 Å². The lowest BCUT2D eigenvalue weighted by Gasteiger charge is -2.32. The quantitative estimate of drug-likeness (QED) is 0.228. The number of likely N-dealkylation sites (N-methyl/N-ethyl adjacent to an activating group) is 1. The van der Waals surface area contributed by atoms with Crippen LogP contribution in [0.5, 0.6) is 5.75 Å². The van der Waals surface area contributed by atoms with Gasteiger partial charge in [-0.25, -0.2) is 4.98 Å². The maximum Gasteiger partial charge on any atom is 0.387 e. The largest absolute Gasteiger partial charge is 0.434 e. The number of carbonyl (C=O) groups excluding carboxylic acids is 1. The predicted molar refractivity (Wildman–Crippen MR) is 152 cm³/mol. The lowest BCUT2D eigenvalue weighted by atomic mass is 9.94. The fourth-order valence-electron chi connectivity index (χ4n) is 4.36. The van der Waals surface area contributed by atoms with E-state index in [2.05, 4.69) is 39.5 Å². The number of piperidine rings is 1. The molecule has 0 atom stereocenters. The van der Waals surface area contributed by atoms with Gasteiger partial charge in [0.15, 0.2) is 5.13 Å². The molecule has 1 aliphatic heterocycles. The Bertz CT molecular complexity index is 1160. The molecule has 0 bridgehead atoms. The molecule has 1 fully saturated rings. The van der Waals surface area contributed by atoms with E-state index >= 15 is 0 Å². The van der Waals surface area contributed by atoms with Gasteiger partial charge in [-0.2, -0.15) is 8.78 Å². The second-order valence-electron chi connectivity index (χ2n) is 9.19. The van der Waals surface area contributed by atoms with Crippen molar-refractivity contribution in [1.29, 1.82) is 0 Å². The Kier molecular flexibility index (Phi) is 10.9. The average Bonchev–Trinajstić information content (AvgIpc) is 3.30. The topological polar surface area (TPSA) is 82.1 Å². The van der Waals surface area contributed by atoms with Crippen LogP contribution in [0, 0.1) is 5.92 Å². The van der Waals surface area contributed by atoms with Crippen molar-refractivity contribution in [2.75, 3.05) is 58.0 Å². The normalized spacial score (nSPS) is 15.4. The van der Waals surface area contributed by atoms with Gasteiger partial charge in [-0.3, -0.25) is 9.79 Å². The van der Waals surface area contributed by atoms with E-state index in [1.54, 1.807) is 27.1 Å². The van der Waals surface area contributed by atoms with Crippen molar-refractivity contribution in [3.05, 3.63) is 34.9 Å². The molecule has 3 rings (SSSR count). The number of carbonyl (C=O) groups is 1. The minimum atomic E-state index is -3.03. The monoisotopic (exact) mass is 568 g/mol. The van der Waals surface area contributed by atoms with Gasteiger partial charge in [0.25, 0.3) is 5.91 Å². The zero-order valence-corrected chi connectivity index (χ0v) is 23.9. The Hall–Kier alpha value is -2.76. The highest BCUT2D eigenvalue weighted by atomic mass is 35.5. The number of hydrogen-bond donors (Lipinski definition) is 2. The SMILES string of the molecule is C/C=C(/C(=O)Nc1sc(N2CCC(CCN(C)C)CC2)nc1-c1cc(Cl)ccc1OC(F)F)C(=NC)NC. The second-order valence-corrected chi connectivity index (χ2v) is 10.6. The third kappa shape index (κ3) is 7.64. The van der Waals surface area contributed by atoms with Gasteiger partial charge < -0.3 is 25.2 Å². The van der Waals surface area contributed by atoms with E-state index in [-0.39, 0.29) is 11.3 Å². The molecule has 2 aromatic rings. The maximum atomic E-state index is 13.3. The first-order valence-electron chi connectivity index (χ1n) is 12.4. The summed E-state index contributed by atoms with van der Waals surface area (Å²) in [4.78, 5) is 26.6. The van der Waals surface area contributed by atoms with Gasteiger partial charge >= 0.3 is 6.61 Å². The van der Waals surface area contributed by atoms with Gasteiger partial charge in [-0.1, -0.05) is 29.0 Å². The molecule has 2 heterocycles. The van der Waals surface area contributed by atoms with Crippen LogP contribution in [0.4, 0.5) is 18.9 Å². The first kappa shape index (κ1) is 29.8. The molecule has 8 nitrogen and oxygen atoms in total. The van der Waals surface area contributed by atoms with Gasteiger partial charge in [0.1, 0.15) is 22.3 Å². The maximum absolute atomic E-state index is 13.3. The van der Waals surface area contributed by atoms with Crippen molar-refractivity contribution in [2.24, 2.45) is 10.9 Å². The van der Waals surface area contributed by atoms with Crippen molar-refractivity contribution >= 4 is 44.8 Å². The molecular formula is C26H35ClF2N6O2S. The molecule has 0 unspecified atom stereocenters. The molecule has 2 N–H and O–H groups in total. The lowest BCUT2D eigenvalue weighted by Crippen LogP contribution is -2.34. The van der Waals surface area contributed by atoms with Gasteiger partial charge in [0.05, 0.1) is 5.57 Å². The number of alkyl halides is 2. The molecule has 1 aliphatic rings. The van der Waals surface area contributed by atoms with Gasteiger partial charge in [-0.15, -0.1) is 0 Å². The van der Waals surface area contributed by atoms with Crippen molar-refractivity contribution in [3.8, 4) is 17.0 Å². The highest BCUT2D eigenvalue weighted by Gasteiger charge is 2.27. The number of allylic oxidation sites excluding steroid dienone is 1. The molecule has 0 aliphatic carbocycles. The highest BCUT2D eigenvalue weighted by molar-refractivity contribution is 7.20. The van der Waals surface area contributed by atoms with Crippen LogP contribution >= 0.6 is 22.9 Å². The number of rotatable bonds is 10. The molecule has 1 aromatic heterocycles. The summed E-state index contributed by atoms with van der Waals surface area (Å²) >= 11 is 7.53. The number of nitrogens with zero attached hydrogens (tertiary/aromatic N) is 4. The van der Waals surface area contributed by atoms with Crippen molar-refractivity contribution in [2.45, 2.75) is 32.8 Å². The van der Waals surface area contributed by atoms with Crippen LogP contribution in [0.25, 0.3) is 11.3 Å². The van der Waals surface area contributed by atoms with Crippen LogP contribution in [0.1, 0.15) is 26.2 Å². The summed E-state index contributed by atoms with van der Waals surface area (Å²) in [7, 11) is 7.42. The summed E-state index contributed by atoms with van der Waals surface area (Å²) in [6.45, 7) is 1.40. The number of anilines is 2. The van der Waals surface area contributed by atoms with E-state index in [9.17, 15) is 13.6 Å². The molecule has 1 saturated heterocycles. The van der Waals surface area contributed by atoms with E-state index in [4.69, 9.17) is 21.3 Å². The number of hydrogen-bond acceptors (Lipinski definition) is 7. The fourth-order valence-corrected chi connectivity index (χ4v) is 5.56. The molecular weight excluding hydrogens is 534 g/mol. The summed E-state index contributed by atoms with van der Waals surface area (Å²) in [5.74, 6) is 0.577. The number of amidine groups is 1. The Balaban J connectivity index is 1.97. The first-order chi connectivity index (χ1) is 18.2. The third-order valence-corrected chi connectivity index (χ3v) is 7.64. The van der Waals surface area contributed by atoms with Gasteiger partial charge in [0, 0.05) is 37.8 Å². The van der Waals surface area contributed by atoms with Crippen LogP contribution in [-0.4, -0.2) is 76.1 Å². The van der Waals surface area contributed by atoms with Gasteiger partial charge in [-0.05, 0) is 70.9 Å². The minimum Gasteiger partial charge on any atom is -0.434 e. The lowest BCUT2D eigenvalue weighted by molar-refractivity contribution is -0.112. The van der Waals surface area contributed by atoms with Crippen LogP contribution < -0.4 is 20.3 Å². The summed E-state index contributed by atoms with van der Waals surface area (Å²) < 4.78 is 31.2. The standard InChI is InChI=1S/C26H35ClF2N6O2S/c1-6-18(22(30-2)31-3)23(36)33-24-21(19-15-17(27)7-8-20(19)37-25(28)29)32-26(38-24)35-13-10-16(11-14-35)9-12-34(4)5/h6-8,15-16,25H,9-14H2,1-5H3,(H,30,31)(H,33,36)/b18-6+. The molecule has 0 spiro atoms. The molecule has 38 heavy (non-hydrogen) atoms. The number of ether oxygens (including phenoxy) is 1. The summed E-state index contributed by atoms with van der Waals surface area (Å²) in [5.41, 5.74) is 0.936. The van der Waals surface area contributed by atoms with Crippen LogP contribution in [-0.2, 0) is 4.79 Å². The smallest absolute Gasteiger partial charge is 0.387 e. The van der Waals surface area contributed by atoms with Crippen LogP contribution in [0.2, 0.25) is 5.02 Å². The number of halogens is 3. The first-order valence-corrected chi connectivity index (χ1v) is 13.6. The number of aliphatic imine (C=N–C) groups is 1. The summed E-state index contributed by atoms with van der Waals surface area (Å²) in [6, 6.07) is 4.37. The number of benzene rings is 1. The summed E-state index contributed by atoms with van der Waals surface area (Å²) in [6.07, 6.45) is 4.85. The molecule has 208 valence electrons. The molecule has 0 saturated carbocycles. The number of thiazole rings is 1. The second kappa shape index (κ2) is 13.9. The van der Waals surface area contributed by atoms with E-state index in [0.29, 0.717) is 38.2 Å². The van der Waals surface area contributed by atoms with Crippen molar-refractivity contribution < 1.29 is 18.3 Å². The molecule has 12 heteroatoms. The van der Waals surface area contributed by atoms with Gasteiger partial charge in [0.2, 0.25) is 0 Å². The Morgan fingerprint density at radius 2 is 2.08 bits per heavy atom. The minimum absolute atomic E-state index is 0.0727. The Morgan fingerprint density at radius 1 is 1.37 bits per heavy atom. The number of amides is 1. The van der Waals surface area contributed by atoms with E-state index in [1.807, 2.05) is 0 Å². The van der Waals surface area contributed by atoms with Crippen molar-refractivity contribution in [3.63, 3.8) is 0 Å². The van der Waals surface area contributed by atoms with E-state index in [1.165, 1.54) is 29.5 Å². The zero-order chi connectivity index (χ0) is 27.8. The number of aromatic nitrogens is 1. The third-order valence-electron chi connectivity index (χ3n) is 6.37.